The number of benzene rings is 1. The monoisotopic (exact) mass is 510 g/mol. The van der Waals surface area contributed by atoms with Crippen molar-refractivity contribution in [3.8, 4) is 0 Å². The van der Waals surface area contributed by atoms with E-state index in [4.69, 9.17) is 0 Å². The topological polar surface area (TPSA) is 103 Å². The Morgan fingerprint density at radius 1 is 1.08 bits per heavy atom. The maximum absolute atomic E-state index is 12.9. The Kier molecular flexibility index (Phi) is 7.03. The van der Waals surface area contributed by atoms with Gasteiger partial charge < -0.3 is 15.2 Å². The highest BCUT2D eigenvalue weighted by Crippen LogP contribution is 2.37. The molecule has 2 aliphatic heterocycles. The van der Waals surface area contributed by atoms with Gasteiger partial charge in [-0.3, -0.25) is 14.5 Å². The first-order chi connectivity index (χ1) is 17.4. The van der Waals surface area contributed by atoms with Crippen LogP contribution in [0.15, 0.2) is 23.1 Å². The van der Waals surface area contributed by atoms with Crippen molar-refractivity contribution in [3.05, 3.63) is 46.3 Å². The molecule has 1 aromatic carbocycles. The normalized spacial score (nSPS) is 19.3. The third kappa shape index (κ3) is 4.86. The van der Waals surface area contributed by atoms with Crippen molar-refractivity contribution in [1.82, 2.24) is 14.8 Å². The van der Waals surface area contributed by atoms with Gasteiger partial charge in [0.05, 0.1) is 16.2 Å². The van der Waals surface area contributed by atoms with Crippen LogP contribution in [0.25, 0.3) is 11.6 Å². The number of aryl methyl sites for hydroxylation is 1. The first-order valence-corrected chi connectivity index (χ1v) is 14.6. The predicted octanol–water partition coefficient (Wildman–Crippen LogP) is 2.89. The second kappa shape index (κ2) is 10.2. The fourth-order valence-corrected chi connectivity index (χ4v) is 6.48. The van der Waals surface area contributed by atoms with Gasteiger partial charge in [0.1, 0.15) is 0 Å². The van der Waals surface area contributed by atoms with Crippen LogP contribution in [0.4, 0.5) is 5.69 Å². The van der Waals surface area contributed by atoms with E-state index in [1.807, 2.05) is 11.0 Å². The third-order valence-corrected chi connectivity index (χ3v) is 9.43. The van der Waals surface area contributed by atoms with Crippen LogP contribution in [0.2, 0.25) is 0 Å². The molecule has 0 unspecified atom stereocenters. The summed E-state index contributed by atoms with van der Waals surface area (Å²) in [6.45, 7) is 5.97. The Morgan fingerprint density at radius 2 is 1.86 bits per heavy atom. The van der Waals surface area contributed by atoms with Crippen LogP contribution in [0, 0.1) is 0 Å². The molecule has 2 amide bonds. The summed E-state index contributed by atoms with van der Waals surface area (Å²) in [6.07, 6.45) is 9.15. The highest BCUT2D eigenvalue weighted by atomic mass is 32.2. The molecular weight excluding hydrogens is 476 g/mol. The van der Waals surface area contributed by atoms with E-state index in [0.29, 0.717) is 16.8 Å². The summed E-state index contributed by atoms with van der Waals surface area (Å²) in [5, 5.41) is 2.89. The largest absolute Gasteiger partial charge is 0.358 e. The Morgan fingerprint density at radius 3 is 2.61 bits per heavy atom. The molecule has 192 valence electrons. The molecule has 2 aromatic rings. The lowest BCUT2D eigenvalue weighted by molar-refractivity contribution is -0.119. The first kappa shape index (κ1) is 24.8. The molecule has 2 N–H and O–H groups in total. The summed E-state index contributed by atoms with van der Waals surface area (Å²) in [5.41, 5.74) is 6.69. The first-order valence-electron chi connectivity index (χ1n) is 12.9. The minimum atomic E-state index is -3.37. The molecule has 0 radical (unpaired) electrons. The summed E-state index contributed by atoms with van der Waals surface area (Å²) in [7, 11) is -3.37. The number of hydrogen-bond acceptors (Lipinski definition) is 5. The highest BCUT2D eigenvalue weighted by molar-refractivity contribution is 7.91. The van der Waals surface area contributed by atoms with Crippen molar-refractivity contribution in [2.75, 3.05) is 43.8 Å². The van der Waals surface area contributed by atoms with E-state index in [-0.39, 0.29) is 16.6 Å². The molecule has 0 spiro atoms. The van der Waals surface area contributed by atoms with Crippen molar-refractivity contribution >= 4 is 39.5 Å². The number of fused-ring (bicyclic) bond motifs is 2. The Bertz CT molecular complexity index is 1300. The molecule has 1 aliphatic carbocycles. The van der Waals surface area contributed by atoms with E-state index in [9.17, 15) is 18.0 Å². The van der Waals surface area contributed by atoms with Gasteiger partial charge >= 0.3 is 0 Å². The van der Waals surface area contributed by atoms with Crippen LogP contribution < -0.4 is 5.32 Å². The second-order valence-electron chi connectivity index (χ2n) is 9.89. The van der Waals surface area contributed by atoms with Crippen molar-refractivity contribution in [3.63, 3.8) is 0 Å². The number of rotatable bonds is 8. The Balaban J connectivity index is 1.42. The predicted molar refractivity (Wildman–Crippen MR) is 141 cm³/mol. The maximum Gasteiger partial charge on any atom is 0.256 e. The number of anilines is 1. The average Bonchev–Trinajstić information content (AvgIpc) is 3.40. The van der Waals surface area contributed by atoms with Crippen molar-refractivity contribution in [2.45, 2.75) is 50.3 Å². The number of aromatic nitrogens is 1. The molecule has 9 heteroatoms. The summed E-state index contributed by atoms with van der Waals surface area (Å²) in [4.78, 5) is 32.0. The van der Waals surface area contributed by atoms with Gasteiger partial charge in [-0.05, 0) is 80.5 Å². The lowest BCUT2D eigenvalue weighted by Gasteiger charge is -2.32. The Hall–Kier alpha value is -2.91. The number of piperazine rings is 1. The summed E-state index contributed by atoms with van der Waals surface area (Å²) in [6, 6.07) is 4.87. The van der Waals surface area contributed by atoms with Gasteiger partial charge in [-0.2, -0.15) is 0 Å². The van der Waals surface area contributed by atoms with Crippen LogP contribution in [0.3, 0.4) is 0 Å². The van der Waals surface area contributed by atoms with Crippen LogP contribution in [0.5, 0.6) is 0 Å². The molecule has 0 bridgehead atoms. The SMILES string of the molecule is CCS(=O)(=O)c1ccc2c(c1)C(=Cc1[nH]c3c(c1CCCN1CCN(C=O)CC1)CCCC3)C(=O)N2. The second-order valence-corrected chi connectivity index (χ2v) is 12.2. The van der Waals surface area contributed by atoms with Gasteiger partial charge in [-0.25, -0.2) is 8.42 Å². The standard InChI is InChI=1S/C27H34N4O4S/c1-2-36(34,35)19-9-10-25-22(16-19)23(27(33)29-25)17-26-21(20-6-3-4-8-24(20)28-26)7-5-11-30-12-14-31(18-32)15-13-30/h9-10,16-18,28H,2-8,11-15H2,1H3,(H,29,33). The molecule has 3 heterocycles. The van der Waals surface area contributed by atoms with E-state index >= 15 is 0 Å². The van der Waals surface area contributed by atoms with Gasteiger partial charge in [0, 0.05) is 48.8 Å². The molecule has 1 aromatic heterocycles. The van der Waals surface area contributed by atoms with Gasteiger partial charge in [0.25, 0.3) is 5.91 Å². The quantitative estimate of drug-likeness (QED) is 0.420. The minimum Gasteiger partial charge on any atom is -0.358 e. The molecule has 5 rings (SSSR count). The number of sulfone groups is 1. The van der Waals surface area contributed by atoms with Crippen LogP contribution >= 0.6 is 0 Å². The zero-order chi connectivity index (χ0) is 25.3. The summed E-state index contributed by atoms with van der Waals surface area (Å²) in [5.74, 6) is -0.188. The number of carbonyl (C=O) groups excluding carboxylic acids is 2. The van der Waals surface area contributed by atoms with Gasteiger partial charge in [-0.15, -0.1) is 0 Å². The summed E-state index contributed by atoms with van der Waals surface area (Å²) < 4.78 is 24.9. The number of aromatic amines is 1. The van der Waals surface area contributed by atoms with Crippen LogP contribution in [-0.4, -0.2) is 74.0 Å². The van der Waals surface area contributed by atoms with E-state index in [1.165, 1.54) is 23.2 Å². The van der Waals surface area contributed by atoms with Crippen LogP contribution in [-0.2, 0) is 38.7 Å². The third-order valence-electron chi connectivity index (χ3n) is 7.70. The number of H-pyrrole nitrogens is 1. The van der Waals surface area contributed by atoms with Crippen molar-refractivity contribution in [1.29, 1.82) is 0 Å². The molecule has 8 nitrogen and oxygen atoms in total. The zero-order valence-electron chi connectivity index (χ0n) is 20.8. The number of carbonyl (C=O) groups is 2. The highest BCUT2D eigenvalue weighted by Gasteiger charge is 2.28. The lowest BCUT2D eigenvalue weighted by Crippen LogP contribution is -2.45. The smallest absolute Gasteiger partial charge is 0.256 e. The maximum atomic E-state index is 12.9. The van der Waals surface area contributed by atoms with E-state index < -0.39 is 9.84 Å². The molecule has 3 aliphatic rings. The van der Waals surface area contributed by atoms with E-state index in [2.05, 4.69) is 15.2 Å². The van der Waals surface area contributed by atoms with Crippen LogP contribution in [0.1, 0.15) is 54.3 Å². The van der Waals surface area contributed by atoms with Crippen molar-refractivity contribution in [2.24, 2.45) is 0 Å². The molecule has 0 atom stereocenters. The number of hydrogen-bond donors (Lipinski definition) is 2. The molecule has 1 fully saturated rings. The fourth-order valence-electron chi connectivity index (χ4n) is 5.57. The van der Waals surface area contributed by atoms with E-state index in [1.54, 1.807) is 25.1 Å². The van der Waals surface area contributed by atoms with E-state index in [0.717, 1.165) is 76.9 Å². The lowest BCUT2D eigenvalue weighted by atomic mass is 9.92. The minimum absolute atomic E-state index is 0.0178. The molecule has 36 heavy (non-hydrogen) atoms. The average molecular weight is 511 g/mol. The number of nitrogens with one attached hydrogen (secondary N) is 2. The van der Waals surface area contributed by atoms with Gasteiger partial charge in [0.15, 0.2) is 9.84 Å². The molecule has 1 saturated heterocycles. The van der Waals surface area contributed by atoms with Gasteiger partial charge in [-0.1, -0.05) is 6.92 Å². The summed E-state index contributed by atoms with van der Waals surface area (Å²) >= 11 is 0. The number of amides is 2. The Labute approximate surface area is 212 Å². The molecule has 0 saturated carbocycles. The van der Waals surface area contributed by atoms with Gasteiger partial charge in [0.2, 0.25) is 6.41 Å². The molecular formula is C27H34N4O4S. The van der Waals surface area contributed by atoms with Crippen molar-refractivity contribution < 1.29 is 18.0 Å². The number of nitrogens with zero attached hydrogens (tertiary/aromatic N) is 2. The zero-order valence-corrected chi connectivity index (χ0v) is 21.6. The fraction of sp³-hybridized carbons (Fsp3) is 0.481.